The summed E-state index contributed by atoms with van der Waals surface area (Å²) in [6.07, 6.45) is 5.31. The van der Waals surface area contributed by atoms with Crippen molar-refractivity contribution in [3.05, 3.63) is 0 Å². The van der Waals surface area contributed by atoms with Gasteiger partial charge in [0.25, 0.3) is 0 Å². The van der Waals surface area contributed by atoms with Gasteiger partial charge in [0.15, 0.2) is 0 Å². The molecule has 0 rings (SSSR count). The van der Waals surface area contributed by atoms with Crippen molar-refractivity contribution in [1.29, 1.82) is 0 Å². The van der Waals surface area contributed by atoms with Gasteiger partial charge in [-0.05, 0) is 19.8 Å². The minimum absolute atomic E-state index is 0.336. The van der Waals surface area contributed by atoms with E-state index >= 15 is 0 Å². The minimum atomic E-state index is -0.546. The van der Waals surface area contributed by atoms with E-state index in [9.17, 15) is 4.79 Å². The highest BCUT2D eigenvalue weighted by Gasteiger charge is 2.13. The van der Waals surface area contributed by atoms with Crippen LogP contribution in [0.4, 0.5) is 0 Å². The van der Waals surface area contributed by atoms with Crippen LogP contribution in [-0.2, 0) is 14.3 Å². The van der Waals surface area contributed by atoms with Gasteiger partial charge in [-0.1, -0.05) is 26.2 Å². The maximum Gasteiger partial charge on any atom is 0.322 e. The summed E-state index contributed by atoms with van der Waals surface area (Å²) in [4.78, 5) is 11.1. The summed E-state index contributed by atoms with van der Waals surface area (Å²) in [7, 11) is 0. The molecule has 0 aliphatic carbocycles. The van der Waals surface area contributed by atoms with Crippen molar-refractivity contribution in [2.45, 2.75) is 52.0 Å². The second kappa shape index (κ2) is 10.9. The van der Waals surface area contributed by atoms with Crippen LogP contribution in [0.5, 0.6) is 0 Å². The van der Waals surface area contributed by atoms with E-state index in [0.717, 1.165) is 13.0 Å². The van der Waals surface area contributed by atoms with Gasteiger partial charge < -0.3 is 15.2 Å². The molecule has 0 fully saturated rings. The van der Waals surface area contributed by atoms with Gasteiger partial charge in [-0.2, -0.15) is 0 Å². The van der Waals surface area contributed by atoms with Crippen LogP contribution >= 0.6 is 0 Å². The summed E-state index contributed by atoms with van der Waals surface area (Å²) in [5.74, 6) is -0.336. The molecular formula is C12H25NO3. The molecule has 0 bridgehead atoms. The van der Waals surface area contributed by atoms with E-state index < -0.39 is 6.04 Å². The Morgan fingerprint density at radius 1 is 1.19 bits per heavy atom. The molecule has 2 N–H and O–H groups in total. The molecule has 16 heavy (non-hydrogen) atoms. The molecule has 0 aromatic heterocycles. The van der Waals surface area contributed by atoms with Gasteiger partial charge in [0.2, 0.25) is 0 Å². The first-order chi connectivity index (χ1) is 7.72. The number of hydrogen-bond acceptors (Lipinski definition) is 4. The van der Waals surface area contributed by atoms with Gasteiger partial charge in [0.1, 0.15) is 6.04 Å². The van der Waals surface area contributed by atoms with E-state index in [1.165, 1.54) is 19.3 Å². The molecular weight excluding hydrogens is 206 g/mol. The molecule has 0 aromatic carbocycles. The second-order valence-electron chi connectivity index (χ2n) is 3.82. The normalized spacial score (nSPS) is 12.4. The number of rotatable bonds is 10. The number of carbonyl (C=O) groups is 1. The zero-order valence-corrected chi connectivity index (χ0v) is 10.5. The smallest absolute Gasteiger partial charge is 0.322 e. The van der Waals surface area contributed by atoms with Gasteiger partial charge in [-0.3, -0.25) is 4.79 Å². The Labute approximate surface area is 98.5 Å². The first-order valence-corrected chi connectivity index (χ1v) is 6.22. The first-order valence-electron chi connectivity index (χ1n) is 6.22. The first kappa shape index (κ1) is 15.4. The zero-order valence-electron chi connectivity index (χ0n) is 10.5. The molecule has 4 heteroatoms. The van der Waals surface area contributed by atoms with Crippen LogP contribution in [0.25, 0.3) is 0 Å². The van der Waals surface area contributed by atoms with E-state index in [1.54, 1.807) is 6.92 Å². The van der Waals surface area contributed by atoms with Crippen molar-refractivity contribution in [1.82, 2.24) is 0 Å². The van der Waals surface area contributed by atoms with E-state index in [0.29, 0.717) is 19.6 Å². The van der Waals surface area contributed by atoms with Gasteiger partial charge in [0, 0.05) is 13.2 Å². The van der Waals surface area contributed by atoms with E-state index in [1.807, 2.05) is 0 Å². The number of hydrogen-bond donors (Lipinski definition) is 1. The molecule has 0 saturated heterocycles. The van der Waals surface area contributed by atoms with Crippen molar-refractivity contribution >= 4 is 5.97 Å². The molecule has 0 aromatic rings. The summed E-state index contributed by atoms with van der Waals surface area (Å²) in [6.45, 7) is 5.63. The standard InChI is InChI=1S/C12H25NO3/c1-3-5-6-7-9-15-10-8-11(13)12(14)16-4-2/h11H,3-10,13H2,1-2H3. The van der Waals surface area contributed by atoms with Crippen LogP contribution in [0.1, 0.15) is 46.0 Å². The van der Waals surface area contributed by atoms with Crippen LogP contribution in [0.2, 0.25) is 0 Å². The molecule has 0 amide bonds. The highest BCUT2D eigenvalue weighted by Crippen LogP contribution is 2.00. The van der Waals surface area contributed by atoms with E-state index in [-0.39, 0.29) is 5.97 Å². The Balaban J connectivity index is 3.27. The third kappa shape index (κ3) is 8.68. The van der Waals surface area contributed by atoms with Crippen molar-refractivity contribution in [2.75, 3.05) is 19.8 Å². The molecule has 0 aliphatic rings. The van der Waals surface area contributed by atoms with Crippen LogP contribution in [0, 0.1) is 0 Å². The third-order valence-corrected chi connectivity index (χ3v) is 2.30. The summed E-state index contributed by atoms with van der Waals surface area (Å²) in [6, 6.07) is -0.546. The second-order valence-corrected chi connectivity index (χ2v) is 3.82. The van der Waals surface area contributed by atoms with Gasteiger partial charge in [-0.15, -0.1) is 0 Å². The molecule has 1 atom stereocenters. The number of nitrogens with two attached hydrogens (primary N) is 1. The fraction of sp³-hybridized carbons (Fsp3) is 0.917. The van der Waals surface area contributed by atoms with E-state index in [4.69, 9.17) is 15.2 Å². The molecule has 0 saturated carbocycles. The van der Waals surface area contributed by atoms with Crippen molar-refractivity contribution < 1.29 is 14.3 Å². The molecule has 0 aliphatic heterocycles. The van der Waals surface area contributed by atoms with Crippen LogP contribution in [0.3, 0.4) is 0 Å². The quantitative estimate of drug-likeness (QED) is 0.460. The molecule has 0 radical (unpaired) electrons. The summed E-state index contributed by atoms with van der Waals surface area (Å²) >= 11 is 0. The third-order valence-electron chi connectivity index (χ3n) is 2.30. The van der Waals surface area contributed by atoms with Crippen LogP contribution in [-0.4, -0.2) is 31.8 Å². The lowest BCUT2D eigenvalue weighted by atomic mass is 10.2. The fourth-order valence-corrected chi connectivity index (χ4v) is 1.31. The average Bonchev–Trinajstić information content (AvgIpc) is 2.28. The summed E-state index contributed by atoms with van der Waals surface area (Å²) in [5.41, 5.74) is 5.61. The number of ether oxygens (including phenoxy) is 2. The highest BCUT2D eigenvalue weighted by atomic mass is 16.5. The zero-order chi connectivity index (χ0) is 12.2. The predicted molar refractivity (Wildman–Crippen MR) is 64.2 cm³/mol. The Bertz CT molecular complexity index is 174. The maximum absolute atomic E-state index is 11.1. The van der Waals surface area contributed by atoms with Crippen molar-refractivity contribution in [2.24, 2.45) is 5.73 Å². The molecule has 0 spiro atoms. The lowest BCUT2D eigenvalue weighted by Crippen LogP contribution is -2.33. The number of unbranched alkanes of at least 4 members (excludes halogenated alkanes) is 3. The van der Waals surface area contributed by atoms with Crippen LogP contribution < -0.4 is 5.73 Å². The Kier molecular flexibility index (Phi) is 10.5. The Morgan fingerprint density at radius 3 is 2.56 bits per heavy atom. The lowest BCUT2D eigenvalue weighted by molar-refractivity contribution is -0.145. The van der Waals surface area contributed by atoms with Crippen molar-refractivity contribution in [3.8, 4) is 0 Å². The van der Waals surface area contributed by atoms with Gasteiger partial charge in [-0.25, -0.2) is 0 Å². The predicted octanol–water partition coefficient (Wildman–Crippen LogP) is 1.86. The number of esters is 1. The van der Waals surface area contributed by atoms with Crippen molar-refractivity contribution in [3.63, 3.8) is 0 Å². The van der Waals surface area contributed by atoms with Crippen LogP contribution in [0.15, 0.2) is 0 Å². The largest absolute Gasteiger partial charge is 0.465 e. The minimum Gasteiger partial charge on any atom is -0.465 e. The topological polar surface area (TPSA) is 61.5 Å². The molecule has 96 valence electrons. The fourth-order valence-electron chi connectivity index (χ4n) is 1.31. The molecule has 0 heterocycles. The average molecular weight is 231 g/mol. The van der Waals surface area contributed by atoms with Gasteiger partial charge in [0.05, 0.1) is 6.61 Å². The summed E-state index contributed by atoms with van der Waals surface area (Å²) < 4.78 is 10.2. The molecule has 4 nitrogen and oxygen atoms in total. The monoisotopic (exact) mass is 231 g/mol. The van der Waals surface area contributed by atoms with E-state index in [2.05, 4.69) is 6.92 Å². The Hall–Kier alpha value is -0.610. The SMILES string of the molecule is CCCCCCOCCC(N)C(=O)OCC. The summed E-state index contributed by atoms with van der Waals surface area (Å²) in [5, 5.41) is 0. The highest BCUT2D eigenvalue weighted by molar-refractivity contribution is 5.75. The molecule has 1 unspecified atom stereocenters. The maximum atomic E-state index is 11.1. The number of carbonyl (C=O) groups excluding carboxylic acids is 1. The van der Waals surface area contributed by atoms with Gasteiger partial charge >= 0.3 is 5.97 Å². The lowest BCUT2D eigenvalue weighted by Gasteiger charge is -2.10. The Morgan fingerprint density at radius 2 is 1.94 bits per heavy atom.